The van der Waals surface area contributed by atoms with Crippen LogP contribution in [0.3, 0.4) is 0 Å². The van der Waals surface area contributed by atoms with Gasteiger partial charge in [-0.1, -0.05) is 38.1 Å². The van der Waals surface area contributed by atoms with E-state index in [-0.39, 0.29) is 30.4 Å². The highest BCUT2D eigenvalue weighted by Crippen LogP contribution is 2.41. The molecule has 1 aliphatic heterocycles. The van der Waals surface area contributed by atoms with Crippen molar-refractivity contribution in [3.63, 3.8) is 0 Å². The number of carbonyl (C=O) groups excluding carboxylic acids is 2. The van der Waals surface area contributed by atoms with Gasteiger partial charge >= 0.3 is 0 Å². The molecule has 6 nitrogen and oxygen atoms in total. The monoisotopic (exact) mass is 423 g/mol. The SMILES string of the molecule is COCCN1C(=O)C(=O)/C(=C(/O)c2ccc(OC)c(C(C)C)c2)C1c1ccccc1C. The molecule has 0 radical (unpaired) electrons. The topological polar surface area (TPSA) is 76.1 Å². The number of aliphatic hydroxyl groups excluding tert-OH is 1. The molecule has 1 heterocycles. The van der Waals surface area contributed by atoms with Crippen LogP contribution in [0.15, 0.2) is 48.0 Å². The highest BCUT2D eigenvalue weighted by atomic mass is 16.5. The molecule has 1 saturated heterocycles. The van der Waals surface area contributed by atoms with Gasteiger partial charge in [-0.3, -0.25) is 9.59 Å². The van der Waals surface area contributed by atoms with E-state index in [1.165, 1.54) is 4.90 Å². The van der Waals surface area contributed by atoms with Crippen LogP contribution in [0.25, 0.3) is 5.76 Å². The smallest absolute Gasteiger partial charge is 0.295 e. The Morgan fingerprint density at radius 2 is 1.84 bits per heavy atom. The molecule has 0 spiro atoms. The third-order valence-corrected chi connectivity index (χ3v) is 5.68. The number of amides is 1. The van der Waals surface area contributed by atoms with E-state index in [9.17, 15) is 14.7 Å². The second kappa shape index (κ2) is 9.35. The fourth-order valence-electron chi connectivity index (χ4n) is 4.01. The lowest BCUT2D eigenvalue weighted by molar-refractivity contribution is -0.140. The van der Waals surface area contributed by atoms with Crippen LogP contribution in [0.2, 0.25) is 0 Å². The largest absolute Gasteiger partial charge is 0.507 e. The van der Waals surface area contributed by atoms with E-state index < -0.39 is 17.7 Å². The van der Waals surface area contributed by atoms with Crippen LogP contribution in [0.5, 0.6) is 5.75 Å². The van der Waals surface area contributed by atoms with Crippen molar-refractivity contribution in [1.82, 2.24) is 4.90 Å². The van der Waals surface area contributed by atoms with Gasteiger partial charge < -0.3 is 19.5 Å². The van der Waals surface area contributed by atoms with E-state index in [2.05, 4.69) is 0 Å². The van der Waals surface area contributed by atoms with E-state index in [1.54, 1.807) is 26.4 Å². The molecular formula is C25H29NO5. The van der Waals surface area contributed by atoms with E-state index in [0.717, 1.165) is 16.7 Å². The lowest BCUT2D eigenvalue weighted by Crippen LogP contribution is -2.32. The quantitative estimate of drug-likeness (QED) is 0.410. The van der Waals surface area contributed by atoms with Gasteiger partial charge in [0.15, 0.2) is 0 Å². The van der Waals surface area contributed by atoms with Crippen molar-refractivity contribution < 1.29 is 24.2 Å². The van der Waals surface area contributed by atoms with Crippen molar-refractivity contribution in [2.75, 3.05) is 27.4 Å². The summed E-state index contributed by atoms with van der Waals surface area (Å²) in [4.78, 5) is 27.4. The zero-order valence-corrected chi connectivity index (χ0v) is 18.6. The number of aryl methyl sites for hydroxylation is 1. The number of ether oxygens (including phenoxy) is 2. The Bertz CT molecular complexity index is 1020. The summed E-state index contributed by atoms with van der Waals surface area (Å²) >= 11 is 0. The molecular weight excluding hydrogens is 394 g/mol. The number of likely N-dealkylation sites (tertiary alicyclic amines) is 1. The van der Waals surface area contributed by atoms with Crippen LogP contribution >= 0.6 is 0 Å². The van der Waals surface area contributed by atoms with E-state index in [1.807, 2.05) is 51.1 Å². The molecule has 1 amide bonds. The summed E-state index contributed by atoms with van der Waals surface area (Å²) in [7, 11) is 3.14. The first kappa shape index (κ1) is 22.6. The minimum Gasteiger partial charge on any atom is -0.507 e. The Kier molecular flexibility index (Phi) is 6.81. The van der Waals surface area contributed by atoms with Crippen LogP contribution in [0, 0.1) is 6.92 Å². The maximum absolute atomic E-state index is 13.1. The van der Waals surface area contributed by atoms with Gasteiger partial charge in [0.05, 0.1) is 25.3 Å². The molecule has 1 fully saturated rings. The molecule has 0 saturated carbocycles. The predicted octanol–water partition coefficient (Wildman–Crippen LogP) is 4.20. The van der Waals surface area contributed by atoms with Crippen molar-refractivity contribution >= 4 is 17.4 Å². The number of ketones is 1. The number of hydrogen-bond donors (Lipinski definition) is 1. The van der Waals surface area contributed by atoms with E-state index >= 15 is 0 Å². The molecule has 1 unspecified atom stereocenters. The fourth-order valence-corrected chi connectivity index (χ4v) is 4.01. The van der Waals surface area contributed by atoms with Crippen molar-refractivity contribution in [2.24, 2.45) is 0 Å². The molecule has 0 aromatic heterocycles. The average Bonchev–Trinajstić information content (AvgIpc) is 3.01. The van der Waals surface area contributed by atoms with Gasteiger partial charge in [-0.2, -0.15) is 0 Å². The summed E-state index contributed by atoms with van der Waals surface area (Å²) in [5.41, 5.74) is 3.22. The highest BCUT2D eigenvalue weighted by molar-refractivity contribution is 6.46. The summed E-state index contributed by atoms with van der Waals surface area (Å²) < 4.78 is 10.6. The molecule has 2 aromatic rings. The predicted molar refractivity (Wildman–Crippen MR) is 119 cm³/mol. The van der Waals surface area contributed by atoms with Gasteiger partial charge in [0.2, 0.25) is 0 Å². The van der Waals surface area contributed by atoms with Gasteiger partial charge in [-0.25, -0.2) is 0 Å². The molecule has 0 aliphatic carbocycles. The summed E-state index contributed by atoms with van der Waals surface area (Å²) in [6.07, 6.45) is 0. The summed E-state index contributed by atoms with van der Waals surface area (Å²) in [5, 5.41) is 11.3. The van der Waals surface area contributed by atoms with Crippen LogP contribution < -0.4 is 4.74 Å². The third-order valence-electron chi connectivity index (χ3n) is 5.68. The summed E-state index contributed by atoms with van der Waals surface area (Å²) in [6, 6.07) is 12.2. The van der Waals surface area contributed by atoms with Crippen molar-refractivity contribution in [1.29, 1.82) is 0 Å². The number of hydrogen-bond acceptors (Lipinski definition) is 5. The van der Waals surface area contributed by atoms with E-state index in [4.69, 9.17) is 9.47 Å². The standard InChI is InChI=1S/C25H29NO5/c1-15(2)19-14-17(10-11-20(19)31-5)23(27)21-22(18-9-7-6-8-16(18)3)26(12-13-30-4)25(29)24(21)28/h6-11,14-15,22,27H,12-13H2,1-5H3/b23-21+. The first-order chi connectivity index (χ1) is 14.8. The number of benzene rings is 2. The molecule has 3 rings (SSSR count). The maximum Gasteiger partial charge on any atom is 0.295 e. The zero-order chi connectivity index (χ0) is 22.7. The molecule has 0 bridgehead atoms. The van der Waals surface area contributed by atoms with Gasteiger partial charge in [0.1, 0.15) is 11.5 Å². The fraction of sp³-hybridized carbons (Fsp3) is 0.360. The molecule has 6 heteroatoms. The lowest BCUT2D eigenvalue weighted by atomic mass is 9.91. The number of rotatable bonds is 7. The van der Waals surface area contributed by atoms with Crippen molar-refractivity contribution in [2.45, 2.75) is 32.7 Å². The number of methoxy groups -OCH3 is 2. The Balaban J connectivity index is 2.21. The molecule has 31 heavy (non-hydrogen) atoms. The van der Waals surface area contributed by atoms with Gasteiger partial charge in [-0.05, 0) is 47.7 Å². The second-order valence-electron chi connectivity index (χ2n) is 7.95. The molecule has 164 valence electrons. The van der Waals surface area contributed by atoms with E-state index in [0.29, 0.717) is 11.3 Å². The first-order valence-electron chi connectivity index (χ1n) is 10.3. The third kappa shape index (κ3) is 4.21. The molecule has 1 aliphatic rings. The number of nitrogens with zero attached hydrogens (tertiary/aromatic N) is 1. The zero-order valence-electron chi connectivity index (χ0n) is 18.6. The van der Waals surface area contributed by atoms with Crippen molar-refractivity contribution in [3.8, 4) is 5.75 Å². The Morgan fingerprint density at radius 3 is 2.45 bits per heavy atom. The Hall–Kier alpha value is -3.12. The maximum atomic E-state index is 13.1. The number of Topliss-reactive ketones (excluding diaryl/α,β-unsaturated/α-hetero) is 1. The van der Waals surface area contributed by atoms with Crippen LogP contribution in [-0.4, -0.2) is 49.1 Å². The van der Waals surface area contributed by atoms with Crippen molar-refractivity contribution in [3.05, 3.63) is 70.3 Å². The number of carbonyl (C=O) groups is 2. The molecule has 1 N–H and O–H groups in total. The van der Waals surface area contributed by atoms with Gasteiger partial charge in [-0.15, -0.1) is 0 Å². The van der Waals surface area contributed by atoms with Gasteiger partial charge in [0, 0.05) is 19.2 Å². The summed E-state index contributed by atoms with van der Waals surface area (Å²) in [5.74, 6) is -0.647. The minimum atomic E-state index is -0.691. The second-order valence-corrected chi connectivity index (χ2v) is 7.95. The highest BCUT2D eigenvalue weighted by Gasteiger charge is 2.46. The Labute approximate surface area is 183 Å². The first-order valence-corrected chi connectivity index (χ1v) is 10.3. The Morgan fingerprint density at radius 1 is 1.13 bits per heavy atom. The van der Waals surface area contributed by atoms with Crippen LogP contribution in [-0.2, 0) is 14.3 Å². The molecule has 2 aromatic carbocycles. The summed E-state index contributed by atoms with van der Waals surface area (Å²) in [6.45, 7) is 6.51. The van der Waals surface area contributed by atoms with Crippen LogP contribution in [0.4, 0.5) is 0 Å². The minimum absolute atomic E-state index is 0.0928. The number of aliphatic hydroxyl groups is 1. The van der Waals surface area contributed by atoms with Gasteiger partial charge in [0.25, 0.3) is 11.7 Å². The normalized spacial score (nSPS) is 18.1. The van der Waals surface area contributed by atoms with Crippen LogP contribution in [0.1, 0.15) is 48.1 Å². The lowest BCUT2D eigenvalue weighted by Gasteiger charge is -2.26. The molecule has 1 atom stereocenters. The average molecular weight is 424 g/mol.